The van der Waals surface area contributed by atoms with Gasteiger partial charge in [-0.1, -0.05) is 42.5 Å². The number of sulfonamides is 1. The number of carboxylic acid groups (broad SMARTS) is 1. The molecule has 156 valence electrons. The van der Waals surface area contributed by atoms with E-state index in [1.165, 1.54) is 42.5 Å². The maximum absolute atomic E-state index is 12.9. The first kappa shape index (κ1) is 21.5. The fourth-order valence-electron chi connectivity index (χ4n) is 2.90. The van der Waals surface area contributed by atoms with Gasteiger partial charge >= 0.3 is 5.97 Å². The van der Waals surface area contributed by atoms with E-state index < -0.39 is 37.1 Å². The molecule has 3 rings (SSSR count). The molecule has 0 unspecified atom stereocenters. The SMILES string of the molecule is CS(=O)(=O)c1ccccc1-c1cccc(S(=O)(=O)N(O)c2ccccc2C(=O)O)c1. The molecule has 8 nitrogen and oxygen atoms in total. The van der Waals surface area contributed by atoms with Crippen molar-refractivity contribution in [2.75, 3.05) is 10.7 Å². The number of rotatable bonds is 6. The topological polar surface area (TPSA) is 129 Å². The molecule has 0 heterocycles. The van der Waals surface area contributed by atoms with Gasteiger partial charge in [-0.05, 0) is 35.9 Å². The van der Waals surface area contributed by atoms with Crippen molar-refractivity contribution in [2.45, 2.75) is 9.79 Å². The summed E-state index contributed by atoms with van der Waals surface area (Å²) in [5.74, 6) is -1.41. The first-order valence-corrected chi connectivity index (χ1v) is 11.8. The van der Waals surface area contributed by atoms with E-state index in [4.69, 9.17) is 0 Å². The van der Waals surface area contributed by atoms with Crippen LogP contribution in [0.2, 0.25) is 0 Å². The average molecular weight is 447 g/mol. The Morgan fingerprint density at radius 1 is 0.867 bits per heavy atom. The maximum atomic E-state index is 12.9. The molecule has 3 aromatic rings. The molecule has 0 aliphatic carbocycles. The average Bonchev–Trinajstić information content (AvgIpc) is 2.72. The van der Waals surface area contributed by atoms with Gasteiger partial charge in [0.05, 0.1) is 21.0 Å². The van der Waals surface area contributed by atoms with Gasteiger partial charge in [-0.25, -0.2) is 13.2 Å². The zero-order chi connectivity index (χ0) is 22.1. The minimum atomic E-state index is -4.55. The van der Waals surface area contributed by atoms with Crippen LogP contribution >= 0.6 is 0 Å². The van der Waals surface area contributed by atoms with Crippen molar-refractivity contribution in [1.29, 1.82) is 0 Å². The third-order valence-electron chi connectivity index (χ3n) is 4.30. The van der Waals surface area contributed by atoms with E-state index in [9.17, 15) is 31.9 Å². The molecule has 0 aliphatic rings. The van der Waals surface area contributed by atoms with E-state index in [0.29, 0.717) is 11.1 Å². The predicted molar refractivity (Wildman–Crippen MR) is 110 cm³/mol. The summed E-state index contributed by atoms with van der Waals surface area (Å²) in [6, 6.07) is 16.6. The highest BCUT2D eigenvalue weighted by Crippen LogP contribution is 2.31. The summed E-state index contributed by atoms with van der Waals surface area (Å²) in [4.78, 5) is 11.1. The fraction of sp³-hybridized carbons (Fsp3) is 0.0500. The highest BCUT2D eigenvalue weighted by atomic mass is 32.2. The molecular weight excluding hydrogens is 430 g/mol. The lowest BCUT2D eigenvalue weighted by Crippen LogP contribution is -2.28. The molecule has 2 N–H and O–H groups in total. The van der Waals surface area contributed by atoms with Crippen LogP contribution in [-0.2, 0) is 19.9 Å². The third kappa shape index (κ3) is 4.06. The molecule has 0 saturated heterocycles. The molecular formula is C20H17NO7S2. The van der Waals surface area contributed by atoms with Gasteiger partial charge in [-0.15, -0.1) is 4.47 Å². The summed E-state index contributed by atoms with van der Waals surface area (Å²) in [6.07, 6.45) is 1.05. The molecule has 0 fully saturated rings. The van der Waals surface area contributed by atoms with Crippen molar-refractivity contribution >= 4 is 31.5 Å². The second-order valence-corrected chi connectivity index (χ2v) is 10.1. The van der Waals surface area contributed by atoms with Crippen molar-refractivity contribution in [1.82, 2.24) is 0 Å². The number of carbonyl (C=O) groups is 1. The smallest absolute Gasteiger partial charge is 0.337 e. The summed E-state index contributed by atoms with van der Waals surface area (Å²) in [5.41, 5.74) is -0.224. The normalized spacial score (nSPS) is 11.8. The van der Waals surface area contributed by atoms with Crippen LogP contribution in [0, 0.1) is 0 Å². The molecule has 0 spiro atoms. The van der Waals surface area contributed by atoms with Gasteiger partial charge in [-0.2, -0.15) is 8.42 Å². The maximum Gasteiger partial charge on any atom is 0.337 e. The quantitative estimate of drug-likeness (QED) is 0.556. The van der Waals surface area contributed by atoms with Gasteiger partial charge < -0.3 is 5.11 Å². The number of aromatic carboxylic acids is 1. The highest BCUT2D eigenvalue weighted by molar-refractivity contribution is 7.92. The van der Waals surface area contributed by atoms with Crippen molar-refractivity contribution in [3.63, 3.8) is 0 Å². The molecule has 0 aromatic heterocycles. The molecule has 0 amide bonds. The van der Waals surface area contributed by atoms with E-state index in [1.54, 1.807) is 18.2 Å². The Morgan fingerprint density at radius 3 is 2.17 bits per heavy atom. The Bertz CT molecular complexity index is 1330. The van der Waals surface area contributed by atoms with E-state index in [-0.39, 0.29) is 14.3 Å². The molecule has 0 atom stereocenters. The van der Waals surface area contributed by atoms with Crippen LogP contribution in [0.15, 0.2) is 82.6 Å². The molecule has 3 aromatic carbocycles. The lowest BCUT2D eigenvalue weighted by Gasteiger charge is -2.19. The van der Waals surface area contributed by atoms with Gasteiger partial charge in [-0.3, -0.25) is 5.21 Å². The number of sulfone groups is 1. The number of para-hydroxylation sites is 1. The molecule has 0 saturated carbocycles. The predicted octanol–water partition coefficient (Wildman–Crippen LogP) is 3.04. The third-order valence-corrected chi connectivity index (χ3v) is 6.95. The van der Waals surface area contributed by atoms with E-state index in [0.717, 1.165) is 18.4 Å². The van der Waals surface area contributed by atoms with Crippen molar-refractivity contribution in [2.24, 2.45) is 0 Å². The fourth-order valence-corrected chi connectivity index (χ4v) is 4.96. The minimum absolute atomic E-state index is 0.0247. The zero-order valence-corrected chi connectivity index (χ0v) is 17.3. The second-order valence-electron chi connectivity index (χ2n) is 6.37. The Balaban J connectivity index is 2.12. The standard InChI is InChI=1S/C20H17NO7S2/c1-29(25,26)19-12-5-3-9-16(19)14-7-6-8-15(13-14)30(27,28)21(24)18-11-4-2-10-17(18)20(22)23/h2-13,24H,1H3,(H,22,23). The van der Waals surface area contributed by atoms with Crippen LogP contribution in [0.1, 0.15) is 10.4 Å². The number of hydrogen-bond donors (Lipinski definition) is 2. The number of carboxylic acids is 1. The summed E-state index contributed by atoms with van der Waals surface area (Å²) >= 11 is 0. The Hall–Kier alpha value is -3.21. The lowest BCUT2D eigenvalue weighted by atomic mass is 10.1. The molecule has 0 radical (unpaired) electrons. The number of hydrogen-bond acceptors (Lipinski definition) is 6. The van der Waals surface area contributed by atoms with Crippen LogP contribution in [0.4, 0.5) is 5.69 Å². The molecule has 10 heteroatoms. The lowest BCUT2D eigenvalue weighted by molar-refractivity contribution is 0.0696. The van der Waals surface area contributed by atoms with E-state index in [2.05, 4.69) is 0 Å². The summed E-state index contributed by atoms with van der Waals surface area (Å²) in [5, 5.41) is 19.6. The summed E-state index contributed by atoms with van der Waals surface area (Å²) in [7, 11) is -8.13. The van der Waals surface area contributed by atoms with Gasteiger partial charge in [0, 0.05) is 11.8 Å². The van der Waals surface area contributed by atoms with Crippen LogP contribution in [0.3, 0.4) is 0 Å². The monoisotopic (exact) mass is 447 g/mol. The van der Waals surface area contributed by atoms with Gasteiger partial charge in [0.1, 0.15) is 0 Å². The largest absolute Gasteiger partial charge is 0.478 e. The van der Waals surface area contributed by atoms with Gasteiger partial charge in [0.2, 0.25) is 0 Å². The number of anilines is 1. The first-order valence-electron chi connectivity index (χ1n) is 8.49. The highest BCUT2D eigenvalue weighted by Gasteiger charge is 2.27. The Morgan fingerprint density at radius 2 is 1.50 bits per heavy atom. The first-order chi connectivity index (χ1) is 14.0. The van der Waals surface area contributed by atoms with E-state index in [1.807, 2.05) is 0 Å². The van der Waals surface area contributed by atoms with Crippen LogP contribution in [-0.4, -0.2) is 39.4 Å². The molecule has 30 heavy (non-hydrogen) atoms. The zero-order valence-electron chi connectivity index (χ0n) is 15.6. The van der Waals surface area contributed by atoms with Crippen LogP contribution in [0.5, 0.6) is 0 Å². The minimum Gasteiger partial charge on any atom is -0.478 e. The van der Waals surface area contributed by atoms with Crippen LogP contribution in [0.25, 0.3) is 11.1 Å². The van der Waals surface area contributed by atoms with Crippen molar-refractivity contribution in [3.05, 3.63) is 78.4 Å². The Kier molecular flexibility index (Phi) is 5.66. The molecule has 0 aliphatic heterocycles. The Labute approximate surface area is 173 Å². The van der Waals surface area contributed by atoms with Gasteiger partial charge in [0.25, 0.3) is 10.0 Å². The summed E-state index contributed by atoms with van der Waals surface area (Å²) < 4.78 is 49.9. The van der Waals surface area contributed by atoms with E-state index >= 15 is 0 Å². The van der Waals surface area contributed by atoms with Crippen molar-refractivity contribution < 1.29 is 31.9 Å². The summed E-state index contributed by atoms with van der Waals surface area (Å²) in [6.45, 7) is 0. The molecule has 0 bridgehead atoms. The second kappa shape index (κ2) is 7.90. The van der Waals surface area contributed by atoms with Crippen molar-refractivity contribution in [3.8, 4) is 11.1 Å². The number of benzene rings is 3. The van der Waals surface area contributed by atoms with Gasteiger partial charge in [0.15, 0.2) is 9.84 Å². The number of nitrogens with zero attached hydrogens (tertiary/aromatic N) is 1. The van der Waals surface area contributed by atoms with Crippen LogP contribution < -0.4 is 4.47 Å².